The smallest absolute Gasteiger partial charge is 0.234 e. The minimum absolute atomic E-state index is 0.0436. The highest BCUT2D eigenvalue weighted by atomic mass is 16.7. The van der Waals surface area contributed by atoms with Crippen LogP contribution in [-0.2, 0) is 19.8 Å². The van der Waals surface area contributed by atoms with Crippen molar-refractivity contribution in [3.8, 4) is 11.5 Å². The van der Waals surface area contributed by atoms with Gasteiger partial charge in [-0.1, -0.05) is 18.9 Å². The van der Waals surface area contributed by atoms with Crippen molar-refractivity contribution in [2.75, 3.05) is 46.1 Å². The number of nitrogens with one attached hydrogen (secondary N) is 1. The van der Waals surface area contributed by atoms with Crippen LogP contribution < -0.4 is 14.8 Å². The normalized spacial score (nSPS) is 24.8. The average molecular weight is 417 g/mol. The number of amides is 1. The number of carbonyl (C=O) groups is 1. The molecule has 1 N–H and O–H groups in total. The molecule has 3 fully saturated rings. The minimum Gasteiger partial charge on any atom is -0.486 e. The SMILES string of the molecule is O=C(CN1CCC(C2OCCO2)CC1)NC1(c2ccc3c(c2)OCCO3)CCCC1. The molecule has 7 heteroatoms. The lowest BCUT2D eigenvalue weighted by molar-refractivity contribution is -0.126. The van der Waals surface area contributed by atoms with Gasteiger partial charge in [0.05, 0.1) is 25.3 Å². The van der Waals surface area contributed by atoms with Crippen LogP contribution in [0.1, 0.15) is 44.1 Å². The number of carbonyl (C=O) groups excluding carboxylic acids is 1. The molecule has 0 atom stereocenters. The fourth-order valence-corrected chi connectivity index (χ4v) is 5.35. The number of fused-ring (bicyclic) bond motifs is 1. The van der Waals surface area contributed by atoms with Gasteiger partial charge in [0.2, 0.25) is 5.91 Å². The molecule has 4 aliphatic rings. The quantitative estimate of drug-likeness (QED) is 0.795. The number of likely N-dealkylation sites (tertiary alicyclic amines) is 1. The lowest BCUT2D eigenvalue weighted by Crippen LogP contribution is -2.49. The zero-order chi connectivity index (χ0) is 20.4. The highest BCUT2D eigenvalue weighted by Gasteiger charge is 2.38. The second kappa shape index (κ2) is 8.73. The third kappa shape index (κ3) is 4.15. The highest BCUT2D eigenvalue weighted by molar-refractivity contribution is 5.79. The Balaban J connectivity index is 1.20. The van der Waals surface area contributed by atoms with E-state index in [1.165, 1.54) is 0 Å². The Morgan fingerprint density at radius 2 is 1.70 bits per heavy atom. The van der Waals surface area contributed by atoms with Crippen molar-refractivity contribution in [3.05, 3.63) is 23.8 Å². The summed E-state index contributed by atoms with van der Waals surface area (Å²) in [5, 5.41) is 3.40. The van der Waals surface area contributed by atoms with Gasteiger partial charge in [0.1, 0.15) is 13.2 Å². The third-order valence-corrected chi connectivity index (χ3v) is 6.96. The van der Waals surface area contributed by atoms with Crippen molar-refractivity contribution in [2.24, 2.45) is 5.92 Å². The molecule has 1 aliphatic carbocycles. The van der Waals surface area contributed by atoms with Crippen molar-refractivity contribution in [1.82, 2.24) is 10.2 Å². The monoisotopic (exact) mass is 416 g/mol. The van der Waals surface area contributed by atoms with Crippen LogP contribution in [0.15, 0.2) is 18.2 Å². The first-order valence-electron chi connectivity index (χ1n) is 11.4. The number of benzene rings is 1. The van der Waals surface area contributed by atoms with Crippen LogP contribution in [-0.4, -0.2) is 63.2 Å². The molecule has 1 aromatic rings. The van der Waals surface area contributed by atoms with Crippen LogP contribution in [0.4, 0.5) is 0 Å². The van der Waals surface area contributed by atoms with E-state index in [2.05, 4.69) is 22.3 Å². The maximum atomic E-state index is 13.0. The maximum Gasteiger partial charge on any atom is 0.234 e. The number of hydrogen-bond acceptors (Lipinski definition) is 6. The summed E-state index contributed by atoms with van der Waals surface area (Å²) in [6.07, 6.45) is 6.19. The molecule has 30 heavy (non-hydrogen) atoms. The summed E-state index contributed by atoms with van der Waals surface area (Å²) in [5.41, 5.74) is 0.836. The fourth-order valence-electron chi connectivity index (χ4n) is 5.35. The predicted molar refractivity (Wildman–Crippen MR) is 111 cm³/mol. The van der Waals surface area contributed by atoms with E-state index >= 15 is 0 Å². The number of rotatable bonds is 5. The largest absolute Gasteiger partial charge is 0.486 e. The molecule has 0 spiro atoms. The van der Waals surface area contributed by atoms with Gasteiger partial charge in [-0.3, -0.25) is 9.69 Å². The second-order valence-corrected chi connectivity index (χ2v) is 8.92. The fraction of sp³-hybridized carbons (Fsp3) is 0.696. The minimum atomic E-state index is -0.295. The van der Waals surface area contributed by atoms with Gasteiger partial charge in [0.25, 0.3) is 0 Å². The van der Waals surface area contributed by atoms with Gasteiger partial charge >= 0.3 is 0 Å². The van der Waals surface area contributed by atoms with Gasteiger partial charge in [-0.25, -0.2) is 0 Å². The molecule has 0 aromatic heterocycles. The number of hydrogen-bond donors (Lipinski definition) is 1. The second-order valence-electron chi connectivity index (χ2n) is 8.92. The van der Waals surface area contributed by atoms with E-state index < -0.39 is 0 Å². The molecule has 3 heterocycles. The third-order valence-electron chi connectivity index (χ3n) is 6.96. The molecule has 7 nitrogen and oxygen atoms in total. The van der Waals surface area contributed by atoms with E-state index in [1.807, 2.05) is 6.07 Å². The first-order valence-corrected chi connectivity index (χ1v) is 11.4. The average Bonchev–Trinajstić information content (AvgIpc) is 3.47. The van der Waals surface area contributed by atoms with Crippen molar-refractivity contribution in [2.45, 2.75) is 50.4 Å². The van der Waals surface area contributed by atoms with Crippen LogP contribution >= 0.6 is 0 Å². The molecular formula is C23H32N2O5. The molecule has 0 unspecified atom stereocenters. The van der Waals surface area contributed by atoms with Gasteiger partial charge < -0.3 is 24.3 Å². The summed E-state index contributed by atoms with van der Waals surface area (Å²) >= 11 is 0. The van der Waals surface area contributed by atoms with Crippen molar-refractivity contribution < 1.29 is 23.7 Å². The van der Waals surface area contributed by atoms with Crippen LogP contribution in [0.3, 0.4) is 0 Å². The van der Waals surface area contributed by atoms with E-state index in [0.29, 0.717) is 38.9 Å². The van der Waals surface area contributed by atoms with E-state index in [9.17, 15) is 4.79 Å². The van der Waals surface area contributed by atoms with Gasteiger partial charge in [-0.15, -0.1) is 0 Å². The standard InChI is InChI=1S/C23H32N2O5/c26-21(16-25-9-5-17(6-10-25)22-29-13-14-30-22)24-23(7-1-2-8-23)18-3-4-19-20(15-18)28-12-11-27-19/h3-4,15,17,22H,1-2,5-14,16H2,(H,24,26). The zero-order valence-corrected chi connectivity index (χ0v) is 17.6. The lowest BCUT2D eigenvalue weighted by Gasteiger charge is -2.36. The molecule has 0 bridgehead atoms. The predicted octanol–water partition coefficient (Wildman–Crippen LogP) is 2.43. The van der Waals surface area contributed by atoms with Crippen molar-refractivity contribution >= 4 is 5.91 Å². The summed E-state index contributed by atoms with van der Waals surface area (Å²) in [6, 6.07) is 6.13. The lowest BCUT2D eigenvalue weighted by atomic mass is 9.87. The molecule has 1 aromatic carbocycles. The number of nitrogens with zero attached hydrogens (tertiary/aromatic N) is 1. The molecular weight excluding hydrogens is 384 g/mol. The first-order chi connectivity index (χ1) is 14.7. The summed E-state index contributed by atoms with van der Waals surface area (Å²) in [6.45, 7) is 4.85. The Morgan fingerprint density at radius 3 is 2.43 bits per heavy atom. The van der Waals surface area contributed by atoms with Crippen molar-refractivity contribution in [1.29, 1.82) is 0 Å². The molecule has 1 amide bonds. The molecule has 2 saturated heterocycles. The number of piperidine rings is 1. The Hall–Kier alpha value is -1.83. The summed E-state index contributed by atoms with van der Waals surface area (Å²) in [7, 11) is 0. The topological polar surface area (TPSA) is 69.3 Å². The highest BCUT2D eigenvalue weighted by Crippen LogP contribution is 2.42. The van der Waals surface area contributed by atoms with Gasteiger partial charge in [-0.05, 0) is 56.5 Å². The Bertz CT molecular complexity index is 750. The van der Waals surface area contributed by atoms with Crippen LogP contribution in [0.25, 0.3) is 0 Å². The van der Waals surface area contributed by atoms with Crippen molar-refractivity contribution in [3.63, 3.8) is 0 Å². The van der Waals surface area contributed by atoms with E-state index in [0.717, 1.165) is 68.7 Å². The molecule has 0 radical (unpaired) electrons. The van der Waals surface area contributed by atoms with E-state index in [1.54, 1.807) is 0 Å². The van der Waals surface area contributed by atoms with Gasteiger partial charge in [0.15, 0.2) is 17.8 Å². The van der Waals surface area contributed by atoms with Gasteiger partial charge in [0, 0.05) is 5.92 Å². The summed E-state index contributed by atoms with van der Waals surface area (Å²) in [4.78, 5) is 15.3. The molecule has 164 valence electrons. The van der Waals surface area contributed by atoms with Gasteiger partial charge in [-0.2, -0.15) is 0 Å². The molecule has 3 aliphatic heterocycles. The summed E-state index contributed by atoms with van der Waals surface area (Å²) in [5.74, 6) is 2.14. The first kappa shape index (κ1) is 20.1. The van der Waals surface area contributed by atoms with Crippen LogP contribution in [0.2, 0.25) is 0 Å². The Kier molecular flexibility index (Phi) is 5.85. The molecule has 1 saturated carbocycles. The number of ether oxygens (including phenoxy) is 4. The van der Waals surface area contributed by atoms with E-state index in [4.69, 9.17) is 18.9 Å². The Morgan fingerprint density at radius 1 is 1.00 bits per heavy atom. The van der Waals surface area contributed by atoms with Crippen LogP contribution in [0.5, 0.6) is 11.5 Å². The van der Waals surface area contributed by atoms with Crippen LogP contribution in [0, 0.1) is 5.92 Å². The zero-order valence-electron chi connectivity index (χ0n) is 17.6. The van der Waals surface area contributed by atoms with E-state index in [-0.39, 0.29) is 17.7 Å². The summed E-state index contributed by atoms with van der Waals surface area (Å²) < 4.78 is 22.8. The maximum absolute atomic E-state index is 13.0. The molecule has 5 rings (SSSR count). The Labute approximate surface area is 178 Å².